The van der Waals surface area contributed by atoms with Crippen LogP contribution in [-0.2, 0) is 4.79 Å². The number of nitrogens with zero attached hydrogens (tertiary/aromatic N) is 1. The Hall–Kier alpha value is -3.77. The molecule has 0 unspecified atom stereocenters. The van der Waals surface area contributed by atoms with Crippen LogP contribution in [0, 0.1) is 20.8 Å². The van der Waals surface area contributed by atoms with Gasteiger partial charge in [-0.3, -0.25) is 9.59 Å². The molecule has 0 radical (unpaired) electrons. The summed E-state index contributed by atoms with van der Waals surface area (Å²) in [6, 6.07) is 23.4. The second-order valence-corrected chi connectivity index (χ2v) is 8.93. The summed E-state index contributed by atoms with van der Waals surface area (Å²) in [6.45, 7) is 5.82. The molecule has 0 saturated carbocycles. The highest BCUT2D eigenvalue weighted by Crippen LogP contribution is 2.33. The molecular formula is C27H25N3O2S. The van der Waals surface area contributed by atoms with E-state index >= 15 is 0 Å². The van der Waals surface area contributed by atoms with Gasteiger partial charge in [-0.25, -0.2) is 4.98 Å². The number of aromatic nitrogens is 1. The number of carbonyl (C=O) groups is 2. The summed E-state index contributed by atoms with van der Waals surface area (Å²) in [5.74, 6) is -0.589. The van der Waals surface area contributed by atoms with Crippen molar-refractivity contribution in [2.24, 2.45) is 0 Å². The van der Waals surface area contributed by atoms with Crippen molar-refractivity contribution in [2.75, 3.05) is 11.9 Å². The Morgan fingerprint density at radius 3 is 2.03 bits per heavy atom. The minimum Gasteiger partial charge on any atom is -0.342 e. The van der Waals surface area contributed by atoms with Gasteiger partial charge in [-0.15, -0.1) is 11.3 Å². The molecule has 2 amide bonds. The van der Waals surface area contributed by atoms with E-state index < -0.39 is 0 Å². The normalized spacial score (nSPS) is 10.6. The summed E-state index contributed by atoms with van der Waals surface area (Å²) in [6.07, 6.45) is 0. The summed E-state index contributed by atoms with van der Waals surface area (Å²) in [4.78, 5) is 30.9. The number of rotatable bonds is 6. The van der Waals surface area contributed by atoms with Crippen LogP contribution < -0.4 is 10.6 Å². The zero-order valence-corrected chi connectivity index (χ0v) is 19.6. The molecule has 0 spiro atoms. The van der Waals surface area contributed by atoms with E-state index in [1.165, 1.54) is 11.3 Å². The lowest BCUT2D eigenvalue weighted by atomic mass is 10.1. The number of amides is 2. The van der Waals surface area contributed by atoms with Crippen LogP contribution in [-0.4, -0.2) is 23.3 Å². The van der Waals surface area contributed by atoms with E-state index in [-0.39, 0.29) is 18.4 Å². The summed E-state index contributed by atoms with van der Waals surface area (Å²) < 4.78 is 0. The number of aryl methyl sites for hydroxylation is 3. The highest BCUT2D eigenvalue weighted by Gasteiger charge is 2.21. The van der Waals surface area contributed by atoms with E-state index in [1.54, 1.807) is 0 Å². The van der Waals surface area contributed by atoms with E-state index in [0.29, 0.717) is 10.6 Å². The quantitative estimate of drug-likeness (QED) is 0.388. The van der Waals surface area contributed by atoms with Crippen molar-refractivity contribution in [2.45, 2.75) is 20.8 Å². The number of nitrogens with one attached hydrogen (secondary N) is 2. The molecule has 166 valence electrons. The van der Waals surface area contributed by atoms with Gasteiger partial charge in [0.25, 0.3) is 5.91 Å². The number of anilines is 1. The van der Waals surface area contributed by atoms with Crippen LogP contribution in [0.15, 0.2) is 72.8 Å². The first kappa shape index (κ1) is 22.4. The summed E-state index contributed by atoms with van der Waals surface area (Å²) in [7, 11) is 0. The topological polar surface area (TPSA) is 71.1 Å². The number of thiazole rings is 1. The average molecular weight is 456 g/mol. The standard InChI is InChI=1S/C27H25N3O2S/c1-17-14-18(2)23(19(3)15-17)29-22(31)16-28-26(32)25-24(20-10-6-4-7-11-20)30-27(33-25)21-12-8-5-9-13-21/h4-15H,16H2,1-3H3,(H,28,32)(H,29,31). The lowest BCUT2D eigenvalue weighted by molar-refractivity contribution is -0.115. The lowest BCUT2D eigenvalue weighted by Crippen LogP contribution is -2.33. The van der Waals surface area contributed by atoms with Crippen LogP contribution >= 0.6 is 11.3 Å². The maximum absolute atomic E-state index is 13.1. The van der Waals surface area contributed by atoms with Crippen LogP contribution in [0.25, 0.3) is 21.8 Å². The van der Waals surface area contributed by atoms with Gasteiger partial charge in [0.05, 0.1) is 12.2 Å². The van der Waals surface area contributed by atoms with E-state index in [2.05, 4.69) is 10.6 Å². The molecule has 0 aliphatic rings. The number of hydrogen-bond acceptors (Lipinski definition) is 4. The molecular weight excluding hydrogens is 430 g/mol. The molecule has 1 heterocycles. The third kappa shape index (κ3) is 5.18. The Labute approximate surface area is 197 Å². The van der Waals surface area contributed by atoms with Crippen molar-refractivity contribution < 1.29 is 9.59 Å². The Balaban J connectivity index is 1.54. The van der Waals surface area contributed by atoms with Crippen LogP contribution in [0.2, 0.25) is 0 Å². The van der Waals surface area contributed by atoms with Crippen LogP contribution in [0.4, 0.5) is 5.69 Å². The first-order chi connectivity index (χ1) is 15.9. The number of carbonyl (C=O) groups excluding carboxylic acids is 2. The molecule has 0 fully saturated rings. The van der Waals surface area contributed by atoms with E-state index in [1.807, 2.05) is 93.6 Å². The summed E-state index contributed by atoms with van der Waals surface area (Å²) in [5, 5.41) is 6.45. The predicted molar refractivity (Wildman–Crippen MR) is 135 cm³/mol. The van der Waals surface area contributed by atoms with Gasteiger partial charge in [0, 0.05) is 16.8 Å². The van der Waals surface area contributed by atoms with Gasteiger partial charge in [-0.2, -0.15) is 0 Å². The minimum absolute atomic E-state index is 0.127. The number of benzene rings is 3. The van der Waals surface area contributed by atoms with Crippen molar-refractivity contribution in [1.29, 1.82) is 0 Å². The Bertz CT molecular complexity index is 1270. The van der Waals surface area contributed by atoms with Crippen LogP contribution in [0.5, 0.6) is 0 Å². The Morgan fingerprint density at radius 1 is 0.848 bits per heavy atom. The average Bonchev–Trinajstić information content (AvgIpc) is 3.27. The van der Waals surface area contributed by atoms with Crippen LogP contribution in [0.1, 0.15) is 26.4 Å². The lowest BCUT2D eigenvalue weighted by Gasteiger charge is -2.13. The van der Waals surface area contributed by atoms with Gasteiger partial charge in [-0.1, -0.05) is 78.4 Å². The van der Waals surface area contributed by atoms with Crippen LogP contribution in [0.3, 0.4) is 0 Å². The maximum Gasteiger partial charge on any atom is 0.264 e. The minimum atomic E-state index is -0.318. The molecule has 2 N–H and O–H groups in total. The third-order valence-electron chi connectivity index (χ3n) is 5.25. The van der Waals surface area contributed by atoms with Gasteiger partial charge >= 0.3 is 0 Å². The number of hydrogen-bond donors (Lipinski definition) is 2. The van der Waals surface area contributed by atoms with Crippen molar-refractivity contribution in [1.82, 2.24) is 10.3 Å². The fraction of sp³-hybridized carbons (Fsp3) is 0.148. The Kier molecular flexibility index (Phi) is 6.66. The highest BCUT2D eigenvalue weighted by atomic mass is 32.1. The summed E-state index contributed by atoms with van der Waals surface area (Å²) in [5.41, 5.74) is 6.33. The van der Waals surface area contributed by atoms with Crippen molar-refractivity contribution >= 4 is 28.8 Å². The first-order valence-corrected chi connectivity index (χ1v) is 11.5. The van der Waals surface area contributed by atoms with Gasteiger partial charge in [0.1, 0.15) is 9.88 Å². The SMILES string of the molecule is Cc1cc(C)c(NC(=O)CNC(=O)c2sc(-c3ccccc3)nc2-c2ccccc2)c(C)c1. The largest absolute Gasteiger partial charge is 0.342 e. The molecule has 0 bridgehead atoms. The molecule has 33 heavy (non-hydrogen) atoms. The molecule has 4 rings (SSSR count). The smallest absolute Gasteiger partial charge is 0.264 e. The fourth-order valence-electron chi connectivity index (χ4n) is 3.77. The molecule has 0 saturated heterocycles. The van der Waals surface area contributed by atoms with Gasteiger partial charge in [0.15, 0.2) is 0 Å². The molecule has 3 aromatic carbocycles. The van der Waals surface area contributed by atoms with Gasteiger partial charge in [0.2, 0.25) is 5.91 Å². The Morgan fingerprint density at radius 2 is 1.42 bits per heavy atom. The summed E-state index contributed by atoms with van der Waals surface area (Å²) >= 11 is 1.32. The highest BCUT2D eigenvalue weighted by molar-refractivity contribution is 7.17. The van der Waals surface area contributed by atoms with Crippen molar-refractivity contribution in [3.8, 4) is 21.8 Å². The molecule has 1 aromatic heterocycles. The van der Waals surface area contributed by atoms with Crippen molar-refractivity contribution in [3.05, 3.63) is 94.4 Å². The van der Waals surface area contributed by atoms with E-state index in [4.69, 9.17) is 4.98 Å². The van der Waals surface area contributed by atoms with Gasteiger partial charge in [-0.05, 0) is 31.9 Å². The molecule has 6 heteroatoms. The molecule has 4 aromatic rings. The predicted octanol–water partition coefficient (Wildman–Crippen LogP) is 5.77. The molecule has 0 aliphatic carbocycles. The fourth-order valence-corrected chi connectivity index (χ4v) is 4.78. The van der Waals surface area contributed by atoms with E-state index in [0.717, 1.165) is 38.5 Å². The van der Waals surface area contributed by atoms with Crippen molar-refractivity contribution in [3.63, 3.8) is 0 Å². The second-order valence-electron chi connectivity index (χ2n) is 7.93. The molecule has 0 atom stereocenters. The second kappa shape index (κ2) is 9.79. The third-order valence-corrected chi connectivity index (χ3v) is 6.36. The monoisotopic (exact) mass is 455 g/mol. The maximum atomic E-state index is 13.1. The molecule has 5 nitrogen and oxygen atoms in total. The zero-order valence-electron chi connectivity index (χ0n) is 18.8. The van der Waals surface area contributed by atoms with E-state index in [9.17, 15) is 9.59 Å². The molecule has 0 aliphatic heterocycles. The first-order valence-electron chi connectivity index (χ1n) is 10.7. The zero-order chi connectivity index (χ0) is 23.4. The van der Waals surface area contributed by atoms with Gasteiger partial charge < -0.3 is 10.6 Å².